The minimum atomic E-state index is -0.398. The summed E-state index contributed by atoms with van der Waals surface area (Å²) >= 11 is 0. The maximum atomic E-state index is 10.5. The average molecular weight is 314 g/mol. The van der Waals surface area contributed by atoms with Crippen molar-refractivity contribution in [1.82, 2.24) is 6.15 Å². The van der Waals surface area contributed by atoms with Crippen LogP contribution in [0.25, 0.3) is 0 Å². The molecule has 0 aromatic carbocycles. The molecule has 132 valence electrons. The van der Waals surface area contributed by atoms with Gasteiger partial charge in [-0.2, -0.15) is 0 Å². The minimum Gasteiger partial charge on any atom is -0.457 e. The van der Waals surface area contributed by atoms with Crippen molar-refractivity contribution in [1.29, 1.82) is 0 Å². The molecule has 0 bridgehead atoms. The van der Waals surface area contributed by atoms with E-state index in [0.717, 1.165) is 6.08 Å². The molecule has 22 heavy (non-hydrogen) atoms. The molecule has 3 heteroatoms. The lowest BCUT2D eigenvalue weighted by Gasteiger charge is -2.17. The highest BCUT2D eigenvalue weighted by atomic mass is 16.6. The molecule has 0 amide bonds. The van der Waals surface area contributed by atoms with E-state index in [1.807, 2.05) is 20.8 Å². The molecule has 1 aliphatic rings. The Kier molecular flexibility index (Phi) is 16.1. The number of carbonyl (C=O) groups is 1. The quantitative estimate of drug-likeness (QED) is 0.452. The summed E-state index contributed by atoms with van der Waals surface area (Å²) in [5, 5.41) is 0. The zero-order valence-electron chi connectivity index (χ0n) is 15.3. The second kappa shape index (κ2) is 15.1. The van der Waals surface area contributed by atoms with Crippen LogP contribution in [0.1, 0.15) is 97.8 Å². The van der Waals surface area contributed by atoms with Crippen molar-refractivity contribution >= 4 is 5.97 Å². The lowest BCUT2D eigenvalue weighted by atomic mass is 10.0. The highest BCUT2D eigenvalue weighted by Crippen LogP contribution is 2.15. The maximum absolute atomic E-state index is 10.5. The van der Waals surface area contributed by atoms with Crippen LogP contribution in [0.5, 0.6) is 0 Å². The summed E-state index contributed by atoms with van der Waals surface area (Å²) in [4.78, 5) is 10.5. The molecule has 0 aromatic rings. The van der Waals surface area contributed by atoms with Gasteiger partial charge < -0.3 is 10.9 Å². The van der Waals surface area contributed by atoms with Crippen molar-refractivity contribution in [3.63, 3.8) is 0 Å². The van der Waals surface area contributed by atoms with Crippen LogP contribution < -0.4 is 6.15 Å². The topological polar surface area (TPSA) is 61.3 Å². The molecule has 3 N–H and O–H groups in total. The molecular weight excluding hydrogens is 274 g/mol. The van der Waals surface area contributed by atoms with Crippen LogP contribution in [-0.2, 0) is 9.53 Å². The monoisotopic (exact) mass is 313 g/mol. The van der Waals surface area contributed by atoms with Crippen molar-refractivity contribution in [2.45, 2.75) is 103 Å². The molecule has 0 radical (unpaired) electrons. The van der Waals surface area contributed by atoms with E-state index in [2.05, 4.69) is 6.58 Å². The summed E-state index contributed by atoms with van der Waals surface area (Å²) in [6.07, 6.45) is 19.2. The lowest BCUT2D eigenvalue weighted by Crippen LogP contribution is -2.22. The van der Waals surface area contributed by atoms with Gasteiger partial charge in [-0.25, -0.2) is 4.79 Å². The van der Waals surface area contributed by atoms with Gasteiger partial charge in [-0.3, -0.25) is 0 Å². The van der Waals surface area contributed by atoms with E-state index in [-0.39, 0.29) is 12.1 Å². The summed E-state index contributed by atoms with van der Waals surface area (Å²) in [5.74, 6) is -0.373. The first-order chi connectivity index (χ1) is 9.95. The fraction of sp³-hybridized carbons (Fsp3) is 0.842. The molecule has 0 saturated heterocycles. The molecule has 1 fully saturated rings. The lowest BCUT2D eigenvalue weighted by molar-refractivity contribution is -0.148. The van der Waals surface area contributed by atoms with Crippen LogP contribution in [0.3, 0.4) is 0 Å². The number of hydrogen-bond acceptors (Lipinski definition) is 3. The Hall–Kier alpha value is -0.830. The van der Waals surface area contributed by atoms with E-state index >= 15 is 0 Å². The molecule has 0 spiro atoms. The standard InChI is InChI=1S/C12H24.C7H12O2.H3N/c1-2-4-6-8-10-12-11-9-7-5-3-1;1-5-6(8)9-7(2,3)4;/h1-12H2;5H,1H2,2-4H3;1H3. The molecule has 0 aromatic heterocycles. The number of ether oxygens (including phenoxy) is 1. The van der Waals surface area contributed by atoms with E-state index in [1.54, 1.807) is 0 Å². The Morgan fingerprint density at radius 3 is 1.09 bits per heavy atom. The molecule has 1 rings (SSSR count). The molecular formula is C19H39NO2. The zero-order valence-corrected chi connectivity index (χ0v) is 15.3. The van der Waals surface area contributed by atoms with E-state index in [9.17, 15) is 4.79 Å². The molecule has 0 heterocycles. The van der Waals surface area contributed by atoms with Gasteiger partial charge in [0, 0.05) is 6.08 Å². The van der Waals surface area contributed by atoms with E-state index in [0.29, 0.717) is 0 Å². The smallest absolute Gasteiger partial charge is 0.330 e. The summed E-state index contributed by atoms with van der Waals surface area (Å²) in [6, 6.07) is 0. The van der Waals surface area contributed by atoms with Gasteiger partial charge in [0.2, 0.25) is 0 Å². The Morgan fingerprint density at radius 1 is 0.773 bits per heavy atom. The molecule has 3 nitrogen and oxygen atoms in total. The molecule has 1 aliphatic carbocycles. The first kappa shape index (κ1) is 23.4. The van der Waals surface area contributed by atoms with Gasteiger partial charge in [-0.15, -0.1) is 0 Å². The van der Waals surface area contributed by atoms with E-state index in [1.165, 1.54) is 77.0 Å². The third kappa shape index (κ3) is 19.2. The second-order valence-electron chi connectivity index (χ2n) is 6.98. The average Bonchev–Trinajstić information content (AvgIpc) is 2.38. The Bertz CT molecular complexity index is 226. The first-order valence-electron chi connectivity index (χ1n) is 8.81. The predicted molar refractivity (Wildman–Crippen MR) is 96.5 cm³/mol. The summed E-state index contributed by atoms with van der Waals surface area (Å²) in [6.45, 7) is 8.71. The van der Waals surface area contributed by atoms with Crippen molar-refractivity contribution in [3.05, 3.63) is 12.7 Å². The number of hydrogen-bond donors (Lipinski definition) is 1. The van der Waals surface area contributed by atoms with Crippen LogP contribution in [-0.4, -0.2) is 11.6 Å². The van der Waals surface area contributed by atoms with Crippen LogP contribution >= 0.6 is 0 Å². The van der Waals surface area contributed by atoms with Gasteiger partial charge in [0.15, 0.2) is 0 Å². The van der Waals surface area contributed by atoms with Crippen LogP contribution in [0.4, 0.5) is 0 Å². The Balaban J connectivity index is 0. The van der Waals surface area contributed by atoms with Gasteiger partial charge in [0.25, 0.3) is 0 Å². The highest BCUT2D eigenvalue weighted by Gasteiger charge is 2.12. The van der Waals surface area contributed by atoms with Gasteiger partial charge in [0.1, 0.15) is 5.60 Å². The van der Waals surface area contributed by atoms with Crippen molar-refractivity contribution in [3.8, 4) is 0 Å². The normalized spacial score (nSPS) is 17.4. The van der Waals surface area contributed by atoms with Gasteiger partial charge in [-0.1, -0.05) is 83.6 Å². The van der Waals surface area contributed by atoms with Gasteiger partial charge in [-0.05, 0) is 20.8 Å². The van der Waals surface area contributed by atoms with Crippen LogP contribution in [0.2, 0.25) is 0 Å². The number of rotatable bonds is 1. The van der Waals surface area contributed by atoms with Crippen LogP contribution in [0.15, 0.2) is 12.7 Å². The van der Waals surface area contributed by atoms with Crippen molar-refractivity contribution in [2.24, 2.45) is 0 Å². The second-order valence-corrected chi connectivity index (χ2v) is 6.98. The SMILES string of the molecule is C1CCCCCCCCCCC1.C=CC(=O)OC(C)(C)C.N. The summed E-state index contributed by atoms with van der Waals surface area (Å²) in [5.41, 5.74) is -0.398. The third-order valence-electron chi connectivity index (χ3n) is 3.57. The fourth-order valence-electron chi connectivity index (χ4n) is 2.46. The molecule has 0 atom stereocenters. The Labute approximate surface area is 138 Å². The largest absolute Gasteiger partial charge is 0.457 e. The van der Waals surface area contributed by atoms with Crippen molar-refractivity contribution in [2.75, 3.05) is 0 Å². The number of esters is 1. The minimum absolute atomic E-state index is 0. The van der Waals surface area contributed by atoms with E-state index < -0.39 is 5.60 Å². The summed E-state index contributed by atoms with van der Waals surface area (Å²) in [7, 11) is 0. The molecule has 0 unspecified atom stereocenters. The maximum Gasteiger partial charge on any atom is 0.330 e. The zero-order chi connectivity index (χ0) is 16.0. The Morgan fingerprint density at radius 2 is 1.00 bits per heavy atom. The predicted octanol–water partition coefficient (Wildman–Crippen LogP) is 6.36. The molecule has 1 saturated carbocycles. The fourth-order valence-corrected chi connectivity index (χ4v) is 2.46. The van der Waals surface area contributed by atoms with E-state index in [4.69, 9.17) is 4.74 Å². The van der Waals surface area contributed by atoms with Crippen LogP contribution in [0, 0.1) is 0 Å². The third-order valence-corrected chi connectivity index (χ3v) is 3.57. The summed E-state index contributed by atoms with van der Waals surface area (Å²) < 4.78 is 4.83. The molecule has 0 aliphatic heterocycles. The van der Waals surface area contributed by atoms with Gasteiger partial charge >= 0.3 is 5.97 Å². The number of carbonyl (C=O) groups excluding carboxylic acids is 1. The first-order valence-corrected chi connectivity index (χ1v) is 8.81. The van der Waals surface area contributed by atoms with Crippen molar-refractivity contribution < 1.29 is 9.53 Å². The van der Waals surface area contributed by atoms with Gasteiger partial charge in [0.05, 0.1) is 0 Å². The highest BCUT2D eigenvalue weighted by molar-refractivity contribution is 5.81.